The van der Waals surface area contributed by atoms with Crippen molar-refractivity contribution in [2.45, 2.75) is 6.42 Å². The lowest BCUT2D eigenvalue weighted by molar-refractivity contribution is 0.0743. The van der Waals surface area contributed by atoms with Crippen molar-refractivity contribution in [2.24, 2.45) is 5.73 Å². The Morgan fingerprint density at radius 1 is 1.47 bits per heavy atom. The molecule has 2 rings (SSSR count). The third-order valence-electron chi connectivity index (χ3n) is 2.70. The van der Waals surface area contributed by atoms with Crippen LogP contribution in [-0.4, -0.2) is 35.5 Å². The van der Waals surface area contributed by atoms with E-state index in [0.29, 0.717) is 31.6 Å². The number of phenolic OH excluding ortho intramolecular Hbond substituents is 1. The highest BCUT2D eigenvalue weighted by molar-refractivity contribution is 5.97. The van der Waals surface area contributed by atoms with Gasteiger partial charge in [0.05, 0.1) is 0 Å². The van der Waals surface area contributed by atoms with Crippen LogP contribution in [0.4, 0.5) is 0 Å². The van der Waals surface area contributed by atoms with Crippen LogP contribution in [0.3, 0.4) is 0 Å². The molecule has 0 saturated heterocycles. The maximum Gasteiger partial charge on any atom is 0.254 e. The Morgan fingerprint density at radius 3 is 3.00 bits per heavy atom. The van der Waals surface area contributed by atoms with Gasteiger partial charge in [0, 0.05) is 30.8 Å². The Hall–Kier alpha value is -1.55. The molecule has 1 aromatic rings. The van der Waals surface area contributed by atoms with Gasteiger partial charge in [0.1, 0.15) is 5.75 Å². The van der Waals surface area contributed by atoms with Crippen molar-refractivity contribution < 1.29 is 9.90 Å². The molecule has 4 heteroatoms. The molecule has 1 aromatic carbocycles. The molecule has 4 nitrogen and oxygen atoms in total. The zero-order chi connectivity index (χ0) is 10.8. The summed E-state index contributed by atoms with van der Waals surface area (Å²) in [5.74, 6) is 0.186. The van der Waals surface area contributed by atoms with Crippen molar-refractivity contribution in [1.29, 1.82) is 0 Å². The van der Waals surface area contributed by atoms with Crippen molar-refractivity contribution in [3.63, 3.8) is 0 Å². The van der Waals surface area contributed by atoms with E-state index in [0.717, 1.165) is 5.56 Å². The molecule has 0 unspecified atom stereocenters. The van der Waals surface area contributed by atoms with Crippen LogP contribution in [0.1, 0.15) is 15.9 Å². The minimum atomic E-state index is -0.0300. The number of aromatic hydroxyl groups is 1. The topological polar surface area (TPSA) is 66.6 Å². The number of rotatable bonds is 2. The van der Waals surface area contributed by atoms with Gasteiger partial charge in [0.2, 0.25) is 0 Å². The largest absolute Gasteiger partial charge is 0.508 e. The quantitative estimate of drug-likeness (QED) is 0.733. The van der Waals surface area contributed by atoms with E-state index in [-0.39, 0.29) is 11.7 Å². The number of hydrogen-bond donors (Lipinski definition) is 2. The first kappa shape index (κ1) is 9.98. The summed E-state index contributed by atoms with van der Waals surface area (Å²) in [4.78, 5) is 13.6. The van der Waals surface area contributed by atoms with E-state index in [1.807, 2.05) is 0 Å². The van der Waals surface area contributed by atoms with Crippen LogP contribution in [0.25, 0.3) is 0 Å². The van der Waals surface area contributed by atoms with Gasteiger partial charge in [-0.25, -0.2) is 0 Å². The molecule has 1 aliphatic heterocycles. The molecule has 0 bridgehead atoms. The average molecular weight is 206 g/mol. The molecule has 3 N–H and O–H groups in total. The summed E-state index contributed by atoms with van der Waals surface area (Å²) in [6, 6.07) is 5.06. The van der Waals surface area contributed by atoms with Gasteiger partial charge in [0.25, 0.3) is 5.91 Å². The zero-order valence-corrected chi connectivity index (χ0v) is 8.44. The summed E-state index contributed by atoms with van der Waals surface area (Å²) < 4.78 is 0. The van der Waals surface area contributed by atoms with E-state index in [1.54, 1.807) is 23.1 Å². The number of fused-ring (bicyclic) bond motifs is 1. The molecule has 0 fully saturated rings. The summed E-state index contributed by atoms with van der Waals surface area (Å²) in [5.41, 5.74) is 6.79. The van der Waals surface area contributed by atoms with Crippen LogP contribution < -0.4 is 5.73 Å². The van der Waals surface area contributed by atoms with Gasteiger partial charge in [-0.2, -0.15) is 0 Å². The number of nitrogens with two attached hydrogens (primary N) is 1. The van der Waals surface area contributed by atoms with Crippen LogP contribution in [0, 0.1) is 0 Å². The first-order valence-electron chi connectivity index (χ1n) is 5.04. The molecule has 80 valence electrons. The maximum atomic E-state index is 11.9. The first-order chi connectivity index (χ1) is 7.24. The van der Waals surface area contributed by atoms with E-state index in [2.05, 4.69) is 0 Å². The van der Waals surface area contributed by atoms with E-state index >= 15 is 0 Å². The number of amides is 1. The molecule has 15 heavy (non-hydrogen) atoms. The lowest BCUT2D eigenvalue weighted by atomic mass is 9.98. The summed E-state index contributed by atoms with van der Waals surface area (Å²) in [6.45, 7) is 1.69. The van der Waals surface area contributed by atoms with Gasteiger partial charge in [-0.3, -0.25) is 4.79 Å². The lowest BCUT2D eigenvalue weighted by Crippen LogP contribution is -2.40. The molecule has 0 radical (unpaired) electrons. The first-order valence-corrected chi connectivity index (χ1v) is 5.04. The number of carbonyl (C=O) groups excluding carboxylic acids is 1. The van der Waals surface area contributed by atoms with Crippen LogP contribution in [0.5, 0.6) is 5.75 Å². The van der Waals surface area contributed by atoms with Gasteiger partial charge in [0.15, 0.2) is 0 Å². The highest BCUT2D eigenvalue weighted by Gasteiger charge is 2.25. The second-order valence-corrected chi connectivity index (χ2v) is 3.63. The molecular weight excluding hydrogens is 192 g/mol. The van der Waals surface area contributed by atoms with Crippen molar-refractivity contribution in [2.75, 3.05) is 19.6 Å². The fourth-order valence-electron chi connectivity index (χ4n) is 1.93. The van der Waals surface area contributed by atoms with Gasteiger partial charge in [-0.05, 0) is 18.6 Å². The predicted molar refractivity (Wildman–Crippen MR) is 56.8 cm³/mol. The SMILES string of the molecule is NCCN1CCc2c(O)cccc2C1=O. The molecule has 1 aliphatic rings. The second-order valence-electron chi connectivity index (χ2n) is 3.63. The summed E-state index contributed by atoms with van der Waals surface area (Å²) in [7, 11) is 0. The summed E-state index contributed by atoms with van der Waals surface area (Å²) in [6.07, 6.45) is 0.702. The number of benzene rings is 1. The Balaban J connectivity index is 2.34. The third kappa shape index (κ3) is 1.68. The van der Waals surface area contributed by atoms with Gasteiger partial charge >= 0.3 is 0 Å². The van der Waals surface area contributed by atoms with E-state index in [4.69, 9.17) is 5.73 Å². The molecule has 0 atom stereocenters. The van der Waals surface area contributed by atoms with Gasteiger partial charge in [-0.15, -0.1) is 0 Å². The average Bonchev–Trinajstić information content (AvgIpc) is 2.23. The highest BCUT2D eigenvalue weighted by atomic mass is 16.3. The smallest absolute Gasteiger partial charge is 0.254 e. The number of hydrogen-bond acceptors (Lipinski definition) is 3. The van der Waals surface area contributed by atoms with E-state index < -0.39 is 0 Å². The number of carbonyl (C=O) groups is 1. The van der Waals surface area contributed by atoms with Crippen molar-refractivity contribution >= 4 is 5.91 Å². The third-order valence-corrected chi connectivity index (χ3v) is 2.70. The highest BCUT2D eigenvalue weighted by Crippen LogP contribution is 2.26. The minimum absolute atomic E-state index is 0.0300. The maximum absolute atomic E-state index is 11.9. The van der Waals surface area contributed by atoms with Crippen molar-refractivity contribution in [1.82, 2.24) is 4.90 Å². The summed E-state index contributed by atoms with van der Waals surface area (Å²) >= 11 is 0. The molecule has 1 amide bonds. The Morgan fingerprint density at radius 2 is 2.27 bits per heavy atom. The predicted octanol–water partition coefficient (Wildman–Crippen LogP) is 0.349. The fourth-order valence-corrected chi connectivity index (χ4v) is 1.93. The Bertz CT molecular complexity index is 390. The second kappa shape index (κ2) is 3.90. The van der Waals surface area contributed by atoms with Crippen molar-refractivity contribution in [3.8, 4) is 5.75 Å². The number of nitrogens with zero attached hydrogens (tertiary/aromatic N) is 1. The normalized spacial score (nSPS) is 15.3. The van der Waals surface area contributed by atoms with E-state index in [9.17, 15) is 9.90 Å². The fraction of sp³-hybridized carbons (Fsp3) is 0.364. The van der Waals surface area contributed by atoms with Gasteiger partial charge < -0.3 is 15.7 Å². The molecule has 0 spiro atoms. The monoisotopic (exact) mass is 206 g/mol. The minimum Gasteiger partial charge on any atom is -0.508 e. The van der Waals surface area contributed by atoms with Crippen molar-refractivity contribution in [3.05, 3.63) is 29.3 Å². The van der Waals surface area contributed by atoms with Crippen LogP contribution in [-0.2, 0) is 6.42 Å². The Labute approximate surface area is 88.3 Å². The zero-order valence-electron chi connectivity index (χ0n) is 8.44. The standard InChI is InChI=1S/C11H14N2O2/c12-5-7-13-6-4-8-9(11(13)15)2-1-3-10(8)14/h1-3,14H,4-7,12H2. The molecule has 0 saturated carbocycles. The molecule has 1 heterocycles. The van der Waals surface area contributed by atoms with Gasteiger partial charge in [-0.1, -0.05) is 6.07 Å². The van der Waals surface area contributed by atoms with Crippen LogP contribution in [0.2, 0.25) is 0 Å². The molecular formula is C11H14N2O2. The molecule has 0 aliphatic carbocycles. The Kier molecular flexibility index (Phi) is 2.60. The van der Waals surface area contributed by atoms with Crippen LogP contribution in [0.15, 0.2) is 18.2 Å². The van der Waals surface area contributed by atoms with Crippen LogP contribution >= 0.6 is 0 Å². The number of phenols is 1. The lowest BCUT2D eigenvalue weighted by Gasteiger charge is -2.28. The molecule has 0 aromatic heterocycles. The summed E-state index contributed by atoms with van der Waals surface area (Å²) in [5, 5.41) is 9.59. The van der Waals surface area contributed by atoms with E-state index in [1.165, 1.54) is 0 Å².